The van der Waals surface area contributed by atoms with Crippen molar-refractivity contribution in [1.82, 2.24) is 4.98 Å². The minimum Gasteiger partial charge on any atom is -0.497 e. The Morgan fingerprint density at radius 2 is 2.00 bits per heavy atom. The van der Waals surface area contributed by atoms with Crippen molar-refractivity contribution in [2.24, 2.45) is 0 Å². The third-order valence-electron chi connectivity index (χ3n) is 3.43. The molecule has 3 rings (SSSR count). The number of rotatable bonds is 6. The molecule has 0 fully saturated rings. The predicted octanol–water partition coefficient (Wildman–Crippen LogP) is 4.18. The maximum absolute atomic E-state index is 11.8. The average Bonchev–Trinajstić information content (AvgIpc) is 3.24. The smallest absolute Gasteiger partial charge is 0.312 e. The van der Waals surface area contributed by atoms with Crippen LogP contribution in [0.25, 0.3) is 22.8 Å². The van der Waals surface area contributed by atoms with Crippen LogP contribution in [0.1, 0.15) is 12.6 Å². The summed E-state index contributed by atoms with van der Waals surface area (Å²) in [5.74, 6) is 1.52. The number of esters is 1. The van der Waals surface area contributed by atoms with E-state index in [1.165, 1.54) is 0 Å². The second-order valence-corrected chi connectivity index (χ2v) is 5.80. The molecule has 0 bridgehead atoms. The zero-order valence-corrected chi connectivity index (χ0v) is 14.3. The number of benzene rings is 1. The van der Waals surface area contributed by atoms with E-state index in [1.807, 2.05) is 41.1 Å². The summed E-state index contributed by atoms with van der Waals surface area (Å²) in [6.07, 6.45) is 0.0820. The number of ether oxygens (including phenoxy) is 2. The molecule has 0 aliphatic carbocycles. The first-order valence-electron chi connectivity index (χ1n) is 7.53. The van der Waals surface area contributed by atoms with E-state index >= 15 is 0 Å². The fourth-order valence-corrected chi connectivity index (χ4v) is 2.93. The molecule has 24 heavy (non-hydrogen) atoms. The maximum atomic E-state index is 11.8. The number of hydrogen-bond acceptors (Lipinski definition) is 6. The lowest BCUT2D eigenvalue weighted by atomic mass is 10.2. The molecule has 0 saturated heterocycles. The Balaban J connectivity index is 1.97. The van der Waals surface area contributed by atoms with Gasteiger partial charge in [-0.1, -0.05) is 0 Å². The molecule has 0 unspecified atom stereocenters. The first kappa shape index (κ1) is 16.3. The summed E-state index contributed by atoms with van der Waals surface area (Å²) in [5.41, 5.74) is 2.31. The fourth-order valence-electron chi connectivity index (χ4n) is 2.30. The molecular weight excluding hydrogens is 326 g/mol. The molecule has 124 valence electrons. The molecule has 0 atom stereocenters. The van der Waals surface area contributed by atoms with E-state index in [4.69, 9.17) is 13.9 Å². The van der Waals surface area contributed by atoms with Crippen LogP contribution in [-0.4, -0.2) is 24.7 Å². The molecule has 2 heterocycles. The van der Waals surface area contributed by atoms with Gasteiger partial charge < -0.3 is 13.9 Å². The van der Waals surface area contributed by atoms with E-state index in [-0.39, 0.29) is 12.4 Å². The van der Waals surface area contributed by atoms with Crippen LogP contribution in [0.5, 0.6) is 5.75 Å². The number of oxazole rings is 1. The zero-order chi connectivity index (χ0) is 16.9. The van der Waals surface area contributed by atoms with E-state index in [1.54, 1.807) is 25.4 Å². The number of methoxy groups -OCH3 is 1. The summed E-state index contributed by atoms with van der Waals surface area (Å²) >= 11 is 1.56. The van der Waals surface area contributed by atoms with E-state index in [0.29, 0.717) is 24.0 Å². The summed E-state index contributed by atoms with van der Waals surface area (Å²) < 4.78 is 16.1. The monoisotopic (exact) mass is 343 g/mol. The second-order valence-electron chi connectivity index (χ2n) is 5.02. The van der Waals surface area contributed by atoms with Gasteiger partial charge in [0.25, 0.3) is 0 Å². The van der Waals surface area contributed by atoms with Crippen molar-refractivity contribution in [3.8, 4) is 28.5 Å². The fraction of sp³-hybridized carbons (Fsp3) is 0.222. The van der Waals surface area contributed by atoms with Gasteiger partial charge in [0.1, 0.15) is 5.75 Å². The van der Waals surface area contributed by atoms with Crippen LogP contribution in [0.3, 0.4) is 0 Å². The molecule has 6 heteroatoms. The van der Waals surface area contributed by atoms with Crippen LogP contribution in [0.15, 0.2) is 45.5 Å². The molecule has 1 aromatic carbocycles. The summed E-state index contributed by atoms with van der Waals surface area (Å²) in [4.78, 5) is 16.4. The van der Waals surface area contributed by atoms with Gasteiger partial charge in [-0.3, -0.25) is 4.79 Å². The van der Waals surface area contributed by atoms with Crippen LogP contribution < -0.4 is 4.74 Å². The Morgan fingerprint density at radius 1 is 1.21 bits per heavy atom. The van der Waals surface area contributed by atoms with Gasteiger partial charge in [-0.25, -0.2) is 4.98 Å². The van der Waals surface area contributed by atoms with Crippen molar-refractivity contribution in [3.05, 3.63) is 46.8 Å². The topological polar surface area (TPSA) is 61.6 Å². The first-order valence-corrected chi connectivity index (χ1v) is 8.48. The van der Waals surface area contributed by atoms with Crippen molar-refractivity contribution in [3.63, 3.8) is 0 Å². The molecule has 2 aromatic heterocycles. The highest BCUT2D eigenvalue weighted by atomic mass is 32.1. The normalized spacial score (nSPS) is 10.6. The van der Waals surface area contributed by atoms with Gasteiger partial charge in [0.05, 0.1) is 25.8 Å². The lowest BCUT2D eigenvalue weighted by molar-refractivity contribution is -0.142. The van der Waals surface area contributed by atoms with Crippen LogP contribution in [0, 0.1) is 0 Å². The number of carbonyl (C=O) groups excluding carboxylic acids is 1. The SMILES string of the molecule is CCOC(=O)Cc1nc(-c2ccc(OC)cc2)oc1-c1ccsc1. The van der Waals surface area contributed by atoms with E-state index in [0.717, 1.165) is 16.9 Å². The number of carbonyl (C=O) groups is 1. The molecule has 3 aromatic rings. The van der Waals surface area contributed by atoms with Crippen LogP contribution in [0.4, 0.5) is 0 Å². The van der Waals surface area contributed by atoms with Gasteiger partial charge in [0.2, 0.25) is 5.89 Å². The number of thiophene rings is 1. The summed E-state index contributed by atoms with van der Waals surface area (Å²) in [6.45, 7) is 2.12. The third-order valence-corrected chi connectivity index (χ3v) is 4.12. The largest absolute Gasteiger partial charge is 0.497 e. The lowest BCUT2D eigenvalue weighted by Gasteiger charge is -2.00. The quantitative estimate of drug-likeness (QED) is 0.628. The Morgan fingerprint density at radius 3 is 2.62 bits per heavy atom. The molecule has 0 radical (unpaired) electrons. The molecule has 0 saturated carbocycles. The highest BCUT2D eigenvalue weighted by Gasteiger charge is 2.19. The van der Waals surface area contributed by atoms with Gasteiger partial charge in [-0.2, -0.15) is 11.3 Å². The summed E-state index contributed by atoms with van der Waals surface area (Å²) in [7, 11) is 1.62. The van der Waals surface area contributed by atoms with Gasteiger partial charge in [-0.15, -0.1) is 0 Å². The Labute approximate surface area is 143 Å². The maximum Gasteiger partial charge on any atom is 0.312 e. The molecular formula is C18H17NO4S. The van der Waals surface area contributed by atoms with Gasteiger partial charge in [0, 0.05) is 16.5 Å². The highest BCUT2D eigenvalue weighted by molar-refractivity contribution is 7.08. The van der Waals surface area contributed by atoms with Crippen molar-refractivity contribution < 1.29 is 18.7 Å². The van der Waals surface area contributed by atoms with Crippen molar-refractivity contribution in [2.45, 2.75) is 13.3 Å². The molecule has 0 amide bonds. The van der Waals surface area contributed by atoms with Crippen LogP contribution in [0.2, 0.25) is 0 Å². The Kier molecular flexibility index (Phi) is 4.96. The van der Waals surface area contributed by atoms with Gasteiger partial charge >= 0.3 is 5.97 Å². The minimum atomic E-state index is -0.316. The molecule has 0 aliphatic rings. The number of hydrogen-bond donors (Lipinski definition) is 0. The number of aromatic nitrogens is 1. The lowest BCUT2D eigenvalue weighted by Crippen LogP contribution is -2.08. The molecule has 0 N–H and O–H groups in total. The Bertz CT molecular complexity index is 806. The highest BCUT2D eigenvalue weighted by Crippen LogP contribution is 2.32. The average molecular weight is 343 g/mol. The van der Waals surface area contributed by atoms with Crippen LogP contribution >= 0.6 is 11.3 Å². The summed E-state index contributed by atoms with van der Waals surface area (Å²) in [5, 5.41) is 3.92. The standard InChI is InChI=1S/C18H17NO4S/c1-3-22-16(20)10-15-17(13-8-9-24-11-13)23-18(19-15)12-4-6-14(21-2)7-5-12/h4-9,11H,3,10H2,1-2H3. The molecule has 0 spiro atoms. The van der Waals surface area contributed by atoms with Crippen molar-refractivity contribution in [1.29, 1.82) is 0 Å². The Hall–Kier alpha value is -2.60. The van der Waals surface area contributed by atoms with E-state index < -0.39 is 0 Å². The summed E-state index contributed by atoms with van der Waals surface area (Å²) in [6, 6.07) is 9.37. The first-order chi connectivity index (χ1) is 11.7. The van der Waals surface area contributed by atoms with E-state index in [2.05, 4.69) is 4.98 Å². The zero-order valence-electron chi connectivity index (χ0n) is 13.4. The van der Waals surface area contributed by atoms with Crippen LogP contribution in [-0.2, 0) is 16.0 Å². The second kappa shape index (κ2) is 7.31. The van der Waals surface area contributed by atoms with Gasteiger partial charge in [0.15, 0.2) is 5.76 Å². The molecule has 5 nitrogen and oxygen atoms in total. The predicted molar refractivity (Wildman–Crippen MR) is 92.1 cm³/mol. The molecule has 0 aliphatic heterocycles. The van der Waals surface area contributed by atoms with E-state index in [9.17, 15) is 4.79 Å². The third kappa shape index (κ3) is 3.49. The van der Waals surface area contributed by atoms with Gasteiger partial charge in [-0.05, 0) is 42.6 Å². The minimum absolute atomic E-state index is 0.0820. The van der Waals surface area contributed by atoms with Crippen molar-refractivity contribution >= 4 is 17.3 Å². The van der Waals surface area contributed by atoms with Crippen molar-refractivity contribution in [2.75, 3.05) is 13.7 Å². The number of nitrogens with zero attached hydrogens (tertiary/aromatic N) is 1.